The zero-order valence-electron chi connectivity index (χ0n) is 9.51. The monoisotopic (exact) mass is 358 g/mol. The number of hydrogen-bond donors (Lipinski definition) is 0. The number of ketones is 1. The van der Waals surface area contributed by atoms with Crippen LogP contribution >= 0.6 is 26.6 Å². The lowest BCUT2D eigenvalue weighted by molar-refractivity contribution is 0.103. The van der Waals surface area contributed by atoms with Crippen LogP contribution in [0.5, 0.6) is 0 Å². The number of benzene rings is 2. The second-order valence-electron chi connectivity index (χ2n) is 3.75. The average Bonchev–Trinajstić information content (AvgIpc) is 2.37. The third-order valence-electron chi connectivity index (χ3n) is 2.50. The lowest BCUT2D eigenvalue weighted by Crippen LogP contribution is -2.08. The van der Waals surface area contributed by atoms with Crippen molar-refractivity contribution >= 4 is 41.4 Å². The van der Waals surface area contributed by atoms with Gasteiger partial charge in [-0.15, -0.1) is 0 Å². The maximum Gasteiger partial charge on any atom is 0.262 e. The van der Waals surface area contributed by atoms with Crippen LogP contribution in [0.25, 0.3) is 0 Å². The minimum absolute atomic E-state index is 0.0451. The standard InChI is InChI=1S/C13H8BrClO3S/c14-10-7-4-8-11(19(15,17)18)12(10)13(16)9-5-2-1-3-6-9/h1-8H. The van der Waals surface area contributed by atoms with E-state index in [1.807, 2.05) is 0 Å². The van der Waals surface area contributed by atoms with Crippen LogP contribution in [0, 0.1) is 0 Å². The van der Waals surface area contributed by atoms with Gasteiger partial charge in [0.25, 0.3) is 9.05 Å². The Balaban J connectivity index is 2.67. The van der Waals surface area contributed by atoms with E-state index in [0.29, 0.717) is 10.0 Å². The summed E-state index contributed by atoms with van der Waals surface area (Å²) < 4.78 is 23.5. The first-order valence-corrected chi connectivity index (χ1v) is 8.34. The molecule has 0 saturated carbocycles. The molecule has 0 fully saturated rings. The SMILES string of the molecule is O=C(c1ccccc1)c1c(Br)cccc1S(=O)(=O)Cl. The van der Waals surface area contributed by atoms with Gasteiger partial charge in [0.2, 0.25) is 0 Å². The lowest BCUT2D eigenvalue weighted by atomic mass is 10.0. The first-order valence-electron chi connectivity index (χ1n) is 5.24. The van der Waals surface area contributed by atoms with E-state index in [0.717, 1.165) is 0 Å². The molecule has 3 nitrogen and oxygen atoms in total. The van der Waals surface area contributed by atoms with Gasteiger partial charge < -0.3 is 0 Å². The maximum atomic E-state index is 12.4. The van der Waals surface area contributed by atoms with Gasteiger partial charge in [-0.05, 0) is 28.1 Å². The van der Waals surface area contributed by atoms with Gasteiger partial charge in [0.1, 0.15) is 0 Å². The second-order valence-corrected chi connectivity index (χ2v) is 7.13. The predicted octanol–water partition coefficient (Wildman–Crippen LogP) is 3.61. The molecule has 2 aromatic rings. The molecule has 6 heteroatoms. The molecule has 0 unspecified atom stereocenters. The van der Waals surface area contributed by atoms with E-state index in [4.69, 9.17) is 10.7 Å². The molecule has 0 saturated heterocycles. The third kappa shape index (κ3) is 3.05. The first-order chi connectivity index (χ1) is 8.91. The molecule has 0 aliphatic carbocycles. The van der Waals surface area contributed by atoms with E-state index in [9.17, 15) is 13.2 Å². The Morgan fingerprint density at radius 2 is 1.63 bits per heavy atom. The van der Waals surface area contributed by atoms with Crippen molar-refractivity contribution in [2.45, 2.75) is 4.90 Å². The fourth-order valence-corrected chi connectivity index (χ4v) is 3.41. The molecule has 19 heavy (non-hydrogen) atoms. The molecular weight excluding hydrogens is 352 g/mol. The van der Waals surface area contributed by atoms with Crippen LogP contribution in [0.4, 0.5) is 0 Å². The zero-order valence-corrected chi connectivity index (χ0v) is 12.7. The van der Waals surface area contributed by atoms with E-state index >= 15 is 0 Å². The molecule has 2 aromatic carbocycles. The Morgan fingerprint density at radius 3 is 2.21 bits per heavy atom. The summed E-state index contributed by atoms with van der Waals surface area (Å²) in [6, 6.07) is 12.8. The van der Waals surface area contributed by atoms with Crippen molar-refractivity contribution in [1.29, 1.82) is 0 Å². The summed E-state index contributed by atoms with van der Waals surface area (Å²) in [5.74, 6) is -0.396. The van der Waals surface area contributed by atoms with Crippen molar-refractivity contribution in [1.82, 2.24) is 0 Å². The van der Waals surface area contributed by atoms with Crippen molar-refractivity contribution < 1.29 is 13.2 Å². The van der Waals surface area contributed by atoms with Crippen molar-refractivity contribution in [2.24, 2.45) is 0 Å². The summed E-state index contributed by atoms with van der Waals surface area (Å²) in [4.78, 5) is 12.2. The van der Waals surface area contributed by atoms with Crippen LogP contribution in [0.3, 0.4) is 0 Å². The Kier molecular flexibility index (Phi) is 4.08. The molecule has 0 N–H and O–H groups in total. The second kappa shape index (κ2) is 5.45. The Morgan fingerprint density at radius 1 is 1.00 bits per heavy atom. The van der Waals surface area contributed by atoms with E-state index in [-0.39, 0.29) is 10.5 Å². The largest absolute Gasteiger partial charge is 0.289 e. The molecule has 0 aromatic heterocycles. The third-order valence-corrected chi connectivity index (χ3v) is 4.53. The summed E-state index contributed by atoms with van der Waals surface area (Å²) in [6.07, 6.45) is 0. The summed E-state index contributed by atoms with van der Waals surface area (Å²) in [5.41, 5.74) is 0.444. The van der Waals surface area contributed by atoms with Gasteiger partial charge >= 0.3 is 0 Å². The minimum atomic E-state index is -3.99. The zero-order chi connectivity index (χ0) is 14.0. The van der Waals surface area contributed by atoms with E-state index in [1.165, 1.54) is 12.1 Å². The van der Waals surface area contributed by atoms with Gasteiger partial charge in [0, 0.05) is 20.7 Å². The fraction of sp³-hybridized carbons (Fsp3) is 0. The highest BCUT2D eigenvalue weighted by molar-refractivity contribution is 9.10. The van der Waals surface area contributed by atoms with Gasteiger partial charge in [0.05, 0.1) is 10.5 Å². The van der Waals surface area contributed by atoms with Gasteiger partial charge in [-0.1, -0.05) is 36.4 Å². The van der Waals surface area contributed by atoms with Crippen LogP contribution in [0.1, 0.15) is 15.9 Å². The van der Waals surface area contributed by atoms with Crippen LogP contribution < -0.4 is 0 Å². The minimum Gasteiger partial charge on any atom is -0.289 e. The predicted molar refractivity (Wildman–Crippen MR) is 77.1 cm³/mol. The van der Waals surface area contributed by atoms with Crippen LogP contribution in [0.15, 0.2) is 57.9 Å². The van der Waals surface area contributed by atoms with Gasteiger partial charge in [-0.3, -0.25) is 4.79 Å². The Labute approximate surface area is 123 Å². The highest BCUT2D eigenvalue weighted by atomic mass is 79.9. The molecule has 0 radical (unpaired) electrons. The normalized spacial score (nSPS) is 11.3. The maximum absolute atomic E-state index is 12.4. The first kappa shape index (κ1) is 14.2. The van der Waals surface area contributed by atoms with Gasteiger partial charge in [-0.2, -0.15) is 0 Å². The topological polar surface area (TPSA) is 51.2 Å². The fourth-order valence-electron chi connectivity index (χ4n) is 1.66. The molecule has 0 amide bonds. The number of rotatable bonds is 3. The van der Waals surface area contributed by atoms with E-state index < -0.39 is 14.8 Å². The summed E-state index contributed by atoms with van der Waals surface area (Å²) in [7, 11) is 1.38. The number of carbonyl (C=O) groups excluding carboxylic acids is 1. The molecule has 0 bridgehead atoms. The van der Waals surface area contributed by atoms with Crippen LogP contribution in [-0.2, 0) is 9.05 Å². The van der Waals surface area contributed by atoms with Gasteiger partial charge in [0.15, 0.2) is 5.78 Å². The summed E-state index contributed by atoms with van der Waals surface area (Å²) in [6.45, 7) is 0. The number of hydrogen-bond acceptors (Lipinski definition) is 3. The summed E-state index contributed by atoms with van der Waals surface area (Å²) >= 11 is 3.19. The van der Waals surface area contributed by atoms with Crippen LogP contribution in [-0.4, -0.2) is 14.2 Å². The van der Waals surface area contributed by atoms with E-state index in [2.05, 4.69) is 15.9 Å². The van der Waals surface area contributed by atoms with Crippen molar-refractivity contribution in [3.8, 4) is 0 Å². The van der Waals surface area contributed by atoms with Crippen molar-refractivity contribution in [2.75, 3.05) is 0 Å². The van der Waals surface area contributed by atoms with E-state index in [1.54, 1.807) is 36.4 Å². The highest BCUT2D eigenvalue weighted by Gasteiger charge is 2.23. The Bertz CT molecular complexity index is 727. The molecule has 2 rings (SSSR count). The molecule has 0 aliphatic rings. The van der Waals surface area contributed by atoms with Crippen molar-refractivity contribution in [3.63, 3.8) is 0 Å². The van der Waals surface area contributed by atoms with Gasteiger partial charge in [-0.25, -0.2) is 8.42 Å². The van der Waals surface area contributed by atoms with Crippen LogP contribution in [0.2, 0.25) is 0 Å². The lowest BCUT2D eigenvalue weighted by Gasteiger charge is -2.08. The van der Waals surface area contributed by atoms with Crippen molar-refractivity contribution in [3.05, 3.63) is 64.1 Å². The molecule has 0 atom stereocenters. The molecule has 98 valence electrons. The molecule has 0 spiro atoms. The molecule has 0 aliphatic heterocycles. The summed E-state index contributed by atoms with van der Waals surface area (Å²) in [5, 5.41) is 0. The number of carbonyl (C=O) groups is 1. The highest BCUT2D eigenvalue weighted by Crippen LogP contribution is 2.29. The quantitative estimate of drug-likeness (QED) is 0.621. The Hall–Kier alpha value is -1.17. The number of halogens is 2. The molecular formula is C13H8BrClO3S. The average molecular weight is 360 g/mol. The smallest absolute Gasteiger partial charge is 0.262 e. The molecule has 0 heterocycles.